The fourth-order valence-corrected chi connectivity index (χ4v) is 2.97. The number of ether oxygens (including phenoxy) is 1. The van der Waals surface area contributed by atoms with Crippen LogP contribution in [0.15, 0.2) is 34.9 Å². The van der Waals surface area contributed by atoms with Crippen LogP contribution in [-0.4, -0.2) is 61.3 Å². The van der Waals surface area contributed by atoms with Crippen molar-refractivity contribution in [1.82, 2.24) is 20.3 Å². The molecule has 1 atom stereocenters. The molecule has 1 saturated heterocycles. The maximum atomic E-state index is 12.3. The van der Waals surface area contributed by atoms with Crippen LogP contribution in [0, 0.1) is 0 Å². The van der Waals surface area contributed by atoms with E-state index in [1.807, 2.05) is 37.4 Å². The smallest absolute Gasteiger partial charge is 0.317 e. The van der Waals surface area contributed by atoms with E-state index >= 15 is 0 Å². The summed E-state index contributed by atoms with van der Waals surface area (Å²) >= 11 is 0. The molecule has 0 radical (unpaired) electrons. The molecule has 1 aliphatic rings. The minimum absolute atomic E-state index is 0.0886. The van der Waals surface area contributed by atoms with Gasteiger partial charge >= 0.3 is 6.03 Å². The second kappa shape index (κ2) is 7.57. The molecule has 3 rings (SSSR count). The van der Waals surface area contributed by atoms with Gasteiger partial charge in [-0.3, -0.25) is 0 Å². The number of rotatable bonds is 5. The van der Waals surface area contributed by atoms with Gasteiger partial charge in [-0.05, 0) is 44.3 Å². The zero-order valence-corrected chi connectivity index (χ0v) is 14.9. The predicted octanol–water partition coefficient (Wildman–Crippen LogP) is 2.20. The van der Waals surface area contributed by atoms with Gasteiger partial charge in [0, 0.05) is 31.3 Å². The fourth-order valence-electron chi connectivity index (χ4n) is 2.97. The lowest BCUT2D eigenvalue weighted by Crippen LogP contribution is -2.44. The second-order valence-corrected chi connectivity index (χ2v) is 6.39. The molecule has 1 aromatic heterocycles. The highest BCUT2D eigenvalue weighted by Gasteiger charge is 2.26. The van der Waals surface area contributed by atoms with Crippen molar-refractivity contribution in [3.63, 3.8) is 0 Å². The van der Waals surface area contributed by atoms with Gasteiger partial charge in [-0.1, -0.05) is 5.16 Å². The van der Waals surface area contributed by atoms with Crippen molar-refractivity contribution >= 4 is 6.03 Å². The number of benzene rings is 1. The minimum Gasteiger partial charge on any atom is -0.497 e. The molecule has 134 valence electrons. The van der Waals surface area contributed by atoms with E-state index in [2.05, 4.69) is 22.4 Å². The molecule has 1 fully saturated rings. The molecule has 0 unspecified atom stereocenters. The number of carbonyl (C=O) groups excluding carboxylic acids is 1. The van der Waals surface area contributed by atoms with Gasteiger partial charge in [0.25, 0.3) is 0 Å². The maximum absolute atomic E-state index is 12.3. The number of hydrogen-bond donors (Lipinski definition) is 1. The molecule has 0 bridgehead atoms. The Hall–Kier alpha value is -2.54. The first-order valence-corrected chi connectivity index (χ1v) is 8.36. The average Bonchev–Trinajstić information content (AvgIpc) is 3.28. The highest BCUT2D eigenvalue weighted by Crippen LogP contribution is 2.23. The second-order valence-electron chi connectivity index (χ2n) is 6.39. The first kappa shape index (κ1) is 17.3. The van der Waals surface area contributed by atoms with Crippen LogP contribution in [0.3, 0.4) is 0 Å². The molecule has 2 aromatic rings. The molecule has 0 saturated carbocycles. The SMILES string of the molecule is COc1ccc(-c2cc(CNC(=O)N(C)[C@@H]3CCN(C)C3)no2)cc1. The lowest BCUT2D eigenvalue weighted by molar-refractivity contribution is 0.190. The molecule has 7 nitrogen and oxygen atoms in total. The molecule has 2 heterocycles. The Bertz CT molecular complexity index is 713. The molecular weight excluding hydrogens is 320 g/mol. The molecule has 1 N–H and O–H groups in total. The Balaban J connectivity index is 1.55. The van der Waals surface area contributed by atoms with Gasteiger partial charge in [0.2, 0.25) is 0 Å². The fraction of sp³-hybridized carbons (Fsp3) is 0.444. The minimum atomic E-state index is -0.0886. The number of likely N-dealkylation sites (tertiary alicyclic amines) is 1. The van der Waals surface area contributed by atoms with E-state index in [0.29, 0.717) is 18.0 Å². The molecule has 7 heteroatoms. The Labute approximate surface area is 147 Å². The summed E-state index contributed by atoms with van der Waals surface area (Å²) in [5.74, 6) is 1.45. The Morgan fingerprint density at radius 1 is 1.44 bits per heavy atom. The van der Waals surface area contributed by atoms with Crippen molar-refractivity contribution in [2.24, 2.45) is 0 Å². The number of hydrogen-bond acceptors (Lipinski definition) is 5. The van der Waals surface area contributed by atoms with Crippen molar-refractivity contribution in [3.05, 3.63) is 36.0 Å². The van der Waals surface area contributed by atoms with E-state index in [1.165, 1.54) is 0 Å². The highest BCUT2D eigenvalue weighted by molar-refractivity contribution is 5.74. The van der Waals surface area contributed by atoms with Gasteiger partial charge in [-0.25, -0.2) is 4.79 Å². The first-order chi connectivity index (χ1) is 12.1. The van der Waals surface area contributed by atoms with Crippen LogP contribution in [0.1, 0.15) is 12.1 Å². The van der Waals surface area contributed by atoms with E-state index in [4.69, 9.17) is 9.26 Å². The highest BCUT2D eigenvalue weighted by atomic mass is 16.5. The molecule has 2 amide bonds. The summed E-state index contributed by atoms with van der Waals surface area (Å²) < 4.78 is 10.5. The molecule has 1 aromatic carbocycles. The first-order valence-electron chi connectivity index (χ1n) is 8.36. The summed E-state index contributed by atoms with van der Waals surface area (Å²) in [5.41, 5.74) is 1.60. The van der Waals surface area contributed by atoms with E-state index < -0.39 is 0 Å². The van der Waals surface area contributed by atoms with Crippen molar-refractivity contribution in [2.45, 2.75) is 19.0 Å². The van der Waals surface area contributed by atoms with Gasteiger partial charge in [0.1, 0.15) is 11.4 Å². The summed E-state index contributed by atoms with van der Waals surface area (Å²) in [6.07, 6.45) is 1.01. The largest absolute Gasteiger partial charge is 0.497 e. The number of likely N-dealkylation sites (N-methyl/N-ethyl adjacent to an activating group) is 2. The standard InChI is InChI=1S/C18H24N4O3/c1-21-9-8-15(12-21)22(2)18(23)19-11-14-10-17(25-20-14)13-4-6-16(24-3)7-5-13/h4-7,10,15H,8-9,11-12H2,1-3H3,(H,19,23)/t15-/m1/s1. The Morgan fingerprint density at radius 2 is 2.20 bits per heavy atom. The van der Waals surface area contributed by atoms with Crippen LogP contribution < -0.4 is 10.1 Å². The zero-order valence-electron chi connectivity index (χ0n) is 14.9. The van der Waals surface area contributed by atoms with Crippen LogP contribution in [0.2, 0.25) is 0 Å². The number of methoxy groups -OCH3 is 1. The van der Waals surface area contributed by atoms with Gasteiger partial charge in [0.05, 0.1) is 13.7 Å². The number of aromatic nitrogens is 1. The van der Waals surface area contributed by atoms with Crippen LogP contribution in [0.5, 0.6) is 5.75 Å². The van der Waals surface area contributed by atoms with E-state index in [1.54, 1.807) is 12.0 Å². The van der Waals surface area contributed by atoms with Crippen LogP contribution in [0.4, 0.5) is 4.79 Å². The molecule has 0 aliphatic carbocycles. The molecule has 25 heavy (non-hydrogen) atoms. The quantitative estimate of drug-likeness (QED) is 0.900. The van der Waals surface area contributed by atoms with E-state index in [0.717, 1.165) is 30.8 Å². The van der Waals surface area contributed by atoms with Crippen LogP contribution >= 0.6 is 0 Å². The van der Waals surface area contributed by atoms with Crippen LogP contribution in [-0.2, 0) is 6.54 Å². The summed E-state index contributed by atoms with van der Waals surface area (Å²) in [6, 6.07) is 9.56. The third kappa shape index (κ3) is 4.11. The van der Waals surface area contributed by atoms with Crippen molar-refractivity contribution in [2.75, 3.05) is 34.3 Å². The predicted molar refractivity (Wildman–Crippen MR) is 94.4 cm³/mol. The summed E-state index contributed by atoms with van der Waals surface area (Å²) in [4.78, 5) is 16.3. The average molecular weight is 344 g/mol. The zero-order chi connectivity index (χ0) is 17.8. The lowest BCUT2D eigenvalue weighted by atomic mass is 10.1. The molecule has 1 aliphatic heterocycles. The number of nitrogens with zero attached hydrogens (tertiary/aromatic N) is 3. The third-order valence-corrected chi connectivity index (χ3v) is 4.59. The Morgan fingerprint density at radius 3 is 2.84 bits per heavy atom. The van der Waals surface area contributed by atoms with Crippen molar-refractivity contribution in [1.29, 1.82) is 0 Å². The summed E-state index contributed by atoms with van der Waals surface area (Å²) in [7, 11) is 5.54. The van der Waals surface area contributed by atoms with E-state index in [-0.39, 0.29) is 12.1 Å². The van der Waals surface area contributed by atoms with Gasteiger partial charge in [0.15, 0.2) is 5.76 Å². The maximum Gasteiger partial charge on any atom is 0.317 e. The number of urea groups is 1. The van der Waals surface area contributed by atoms with Gasteiger partial charge < -0.3 is 24.4 Å². The molecular formula is C18H24N4O3. The van der Waals surface area contributed by atoms with Gasteiger partial charge in [-0.2, -0.15) is 0 Å². The third-order valence-electron chi connectivity index (χ3n) is 4.59. The number of nitrogens with one attached hydrogen (secondary N) is 1. The van der Waals surface area contributed by atoms with Crippen molar-refractivity contribution in [3.8, 4) is 17.1 Å². The normalized spacial score (nSPS) is 17.5. The Kier molecular flexibility index (Phi) is 5.23. The van der Waals surface area contributed by atoms with Crippen molar-refractivity contribution < 1.29 is 14.1 Å². The molecule has 0 spiro atoms. The summed E-state index contributed by atoms with van der Waals surface area (Å²) in [5, 5.41) is 6.93. The summed E-state index contributed by atoms with van der Waals surface area (Å²) in [6.45, 7) is 2.28. The van der Waals surface area contributed by atoms with Gasteiger partial charge in [-0.15, -0.1) is 0 Å². The number of carbonyl (C=O) groups is 1. The lowest BCUT2D eigenvalue weighted by Gasteiger charge is -2.24. The topological polar surface area (TPSA) is 70.8 Å². The van der Waals surface area contributed by atoms with E-state index in [9.17, 15) is 4.79 Å². The number of amides is 2. The van der Waals surface area contributed by atoms with Crippen LogP contribution in [0.25, 0.3) is 11.3 Å². The monoisotopic (exact) mass is 344 g/mol.